The van der Waals surface area contributed by atoms with Crippen LogP contribution in [0.1, 0.15) is 0 Å². The van der Waals surface area contributed by atoms with E-state index in [0.29, 0.717) is 0 Å². The van der Waals surface area contributed by atoms with E-state index in [1.165, 1.54) is 12.1 Å². The SMILES string of the molecule is N#CCNC(=O)C(=O)Nc1ccc(F)c(Cl)c1. The number of hydrogen-bond acceptors (Lipinski definition) is 3. The van der Waals surface area contributed by atoms with Crippen LogP contribution in [0.4, 0.5) is 10.1 Å². The van der Waals surface area contributed by atoms with E-state index >= 15 is 0 Å². The molecule has 0 saturated carbocycles. The van der Waals surface area contributed by atoms with Crippen LogP contribution in [0.15, 0.2) is 18.2 Å². The lowest BCUT2D eigenvalue weighted by Crippen LogP contribution is -2.35. The van der Waals surface area contributed by atoms with Gasteiger partial charge in [-0.2, -0.15) is 5.26 Å². The molecule has 0 aromatic heterocycles. The van der Waals surface area contributed by atoms with Gasteiger partial charge in [-0.05, 0) is 18.2 Å². The molecular weight excluding hydrogens is 249 g/mol. The Morgan fingerprint density at radius 2 is 2.12 bits per heavy atom. The number of nitrogens with zero attached hydrogens (tertiary/aromatic N) is 1. The molecule has 0 atom stereocenters. The van der Waals surface area contributed by atoms with Gasteiger partial charge in [-0.25, -0.2) is 4.39 Å². The van der Waals surface area contributed by atoms with Gasteiger partial charge >= 0.3 is 11.8 Å². The largest absolute Gasteiger partial charge is 0.335 e. The molecule has 0 unspecified atom stereocenters. The molecule has 0 fully saturated rings. The molecule has 0 radical (unpaired) electrons. The monoisotopic (exact) mass is 255 g/mol. The van der Waals surface area contributed by atoms with Crippen molar-refractivity contribution in [1.29, 1.82) is 5.26 Å². The Morgan fingerprint density at radius 1 is 1.41 bits per heavy atom. The minimum Gasteiger partial charge on any atom is -0.335 e. The summed E-state index contributed by atoms with van der Waals surface area (Å²) in [5.41, 5.74) is 0.188. The van der Waals surface area contributed by atoms with Crippen LogP contribution in [0.3, 0.4) is 0 Å². The van der Waals surface area contributed by atoms with E-state index in [0.717, 1.165) is 6.07 Å². The number of amides is 2. The molecule has 0 saturated heterocycles. The number of carbonyl (C=O) groups excluding carboxylic acids is 2. The lowest BCUT2D eigenvalue weighted by atomic mass is 10.3. The number of halogens is 2. The Kier molecular flexibility index (Phi) is 4.43. The molecule has 0 spiro atoms. The Bertz CT molecular complexity index is 499. The maximum atomic E-state index is 12.8. The number of nitrogens with one attached hydrogen (secondary N) is 2. The highest BCUT2D eigenvalue weighted by molar-refractivity contribution is 6.39. The van der Waals surface area contributed by atoms with Crippen LogP contribution in [0, 0.1) is 17.1 Å². The second-order valence-electron chi connectivity index (χ2n) is 2.92. The topological polar surface area (TPSA) is 82.0 Å². The summed E-state index contributed by atoms with van der Waals surface area (Å²) in [4.78, 5) is 22.3. The highest BCUT2D eigenvalue weighted by Gasteiger charge is 2.13. The smallest absolute Gasteiger partial charge is 0.313 e. The van der Waals surface area contributed by atoms with Gasteiger partial charge in [0.05, 0.1) is 11.1 Å². The van der Waals surface area contributed by atoms with Gasteiger partial charge < -0.3 is 10.6 Å². The van der Waals surface area contributed by atoms with Gasteiger partial charge in [0.15, 0.2) is 0 Å². The van der Waals surface area contributed by atoms with Crippen LogP contribution in [-0.4, -0.2) is 18.4 Å². The van der Waals surface area contributed by atoms with E-state index in [1.54, 1.807) is 6.07 Å². The van der Waals surface area contributed by atoms with Gasteiger partial charge in [0.1, 0.15) is 12.4 Å². The molecule has 1 aromatic rings. The third-order valence-corrected chi connectivity index (χ3v) is 2.00. The summed E-state index contributed by atoms with van der Waals surface area (Å²) >= 11 is 5.49. The third kappa shape index (κ3) is 3.74. The zero-order valence-corrected chi connectivity index (χ0v) is 9.21. The van der Waals surface area contributed by atoms with E-state index in [4.69, 9.17) is 16.9 Å². The van der Waals surface area contributed by atoms with Crippen molar-refractivity contribution in [3.05, 3.63) is 29.0 Å². The van der Waals surface area contributed by atoms with Crippen molar-refractivity contribution in [2.75, 3.05) is 11.9 Å². The van der Waals surface area contributed by atoms with Crippen LogP contribution in [0.25, 0.3) is 0 Å². The van der Waals surface area contributed by atoms with Crippen molar-refractivity contribution in [2.45, 2.75) is 0 Å². The van der Waals surface area contributed by atoms with E-state index in [-0.39, 0.29) is 17.3 Å². The summed E-state index contributed by atoms with van der Waals surface area (Å²) in [5, 5.41) is 12.3. The van der Waals surface area contributed by atoms with Gasteiger partial charge in [0.2, 0.25) is 0 Å². The molecular formula is C10H7ClFN3O2. The van der Waals surface area contributed by atoms with Crippen molar-refractivity contribution in [3.63, 3.8) is 0 Å². The molecule has 7 heteroatoms. The number of hydrogen-bond donors (Lipinski definition) is 2. The molecule has 5 nitrogen and oxygen atoms in total. The molecule has 88 valence electrons. The summed E-state index contributed by atoms with van der Waals surface area (Å²) in [6.45, 7) is -0.267. The van der Waals surface area contributed by atoms with E-state index in [2.05, 4.69) is 10.6 Å². The first-order chi connectivity index (χ1) is 8.04. The van der Waals surface area contributed by atoms with E-state index in [9.17, 15) is 14.0 Å². The Balaban J connectivity index is 2.65. The fourth-order valence-corrected chi connectivity index (χ4v) is 1.14. The molecule has 0 heterocycles. The second-order valence-corrected chi connectivity index (χ2v) is 3.33. The average molecular weight is 256 g/mol. The quantitative estimate of drug-likeness (QED) is 0.612. The highest BCUT2D eigenvalue weighted by atomic mass is 35.5. The number of benzene rings is 1. The van der Waals surface area contributed by atoms with Gasteiger partial charge in [0.25, 0.3) is 0 Å². The number of nitriles is 1. The maximum Gasteiger partial charge on any atom is 0.313 e. The first kappa shape index (κ1) is 12.9. The Morgan fingerprint density at radius 3 is 2.71 bits per heavy atom. The number of rotatable bonds is 2. The minimum atomic E-state index is -0.956. The highest BCUT2D eigenvalue weighted by Crippen LogP contribution is 2.19. The predicted octanol–water partition coefficient (Wildman–Crippen LogP) is 1.06. The van der Waals surface area contributed by atoms with E-state index < -0.39 is 17.6 Å². The zero-order chi connectivity index (χ0) is 12.8. The van der Waals surface area contributed by atoms with Crippen LogP contribution >= 0.6 is 11.6 Å². The molecule has 1 rings (SSSR count). The fourth-order valence-electron chi connectivity index (χ4n) is 0.962. The van der Waals surface area contributed by atoms with Crippen molar-refractivity contribution >= 4 is 29.1 Å². The molecule has 2 N–H and O–H groups in total. The number of carbonyl (C=O) groups is 2. The van der Waals surface area contributed by atoms with Gasteiger partial charge in [0, 0.05) is 5.69 Å². The van der Waals surface area contributed by atoms with E-state index in [1.807, 2.05) is 0 Å². The van der Waals surface area contributed by atoms with Gasteiger partial charge in [-0.15, -0.1) is 0 Å². The lowest BCUT2D eigenvalue weighted by molar-refractivity contribution is -0.136. The summed E-state index contributed by atoms with van der Waals surface area (Å²) in [6, 6.07) is 5.15. The lowest BCUT2D eigenvalue weighted by Gasteiger charge is -2.05. The molecule has 0 aliphatic heterocycles. The third-order valence-electron chi connectivity index (χ3n) is 1.71. The fraction of sp³-hybridized carbons (Fsp3) is 0.100. The summed E-state index contributed by atoms with van der Waals surface area (Å²) in [7, 11) is 0. The molecule has 2 amide bonds. The normalized spacial score (nSPS) is 9.24. The molecule has 17 heavy (non-hydrogen) atoms. The van der Waals surface area contributed by atoms with Crippen molar-refractivity contribution < 1.29 is 14.0 Å². The zero-order valence-electron chi connectivity index (χ0n) is 8.46. The van der Waals surface area contributed by atoms with Crippen molar-refractivity contribution in [2.24, 2.45) is 0 Å². The summed E-state index contributed by atoms with van der Waals surface area (Å²) in [6.07, 6.45) is 0. The first-order valence-electron chi connectivity index (χ1n) is 4.45. The molecule has 0 aliphatic rings. The summed E-state index contributed by atoms with van der Waals surface area (Å²) in [5.74, 6) is -2.53. The maximum absolute atomic E-state index is 12.8. The average Bonchev–Trinajstić information content (AvgIpc) is 2.30. The standard InChI is InChI=1S/C10H7ClFN3O2/c11-7-5-6(1-2-8(7)12)15-10(17)9(16)14-4-3-13/h1-2,5H,4H2,(H,14,16)(H,15,17). The minimum absolute atomic E-state index is 0.166. The van der Waals surface area contributed by atoms with Crippen molar-refractivity contribution in [1.82, 2.24) is 5.32 Å². The predicted molar refractivity (Wildman–Crippen MR) is 58.7 cm³/mol. The molecule has 0 bridgehead atoms. The Labute approximate surface area is 101 Å². The van der Waals surface area contributed by atoms with Crippen LogP contribution in [-0.2, 0) is 9.59 Å². The van der Waals surface area contributed by atoms with Crippen molar-refractivity contribution in [3.8, 4) is 6.07 Å². The van der Waals surface area contributed by atoms with Crippen LogP contribution < -0.4 is 10.6 Å². The molecule has 0 aliphatic carbocycles. The van der Waals surface area contributed by atoms with Gasteiger partial charge in [-0.1, -0.05) is 11.6 Å². The second kappa shape index (κ2) is 5.82. The molecule has 1 aromatic carbocycles. The first-order valence-corrected chi connectivity index (χ1v) is 4.83. The van der Waals surface area contributed by atoms with Crippen LogP contribution in [0.2, 0.25) is 5.02 Å². The van der Waals surface area contributed by atoms with Gasteiger partial charge in [-0.3, -0.25) is 9.59 Å². The van der Waals surface area contributed by atoms with Crippen LogP contribution in [0.5, 0.6) is 0 Å². The Hall–Kier alpha value is -2.13. The summed E-state index contributed by atoms with van der Waals surface area (Å²) < 4.78 is 12.8. The number of anilines is 1.